The zero-order chi connectivity index (χ0) is 11.2. The van der Waals surface area contributed by atoms with Gasteiger partial charge in [0.2, 0.25) is 0 Å². The fourth-order valence-corrected chi connectivity index (χ4v) is 2.60. The third-order valence-corrected chi connectivity index (χ3v) is 4.78. The molecular weight excluding hydrogens is 240 g/mol. The van der Waals surface area contributed by atoms with Crippen LogP contribution in [0.15, 0.2) is 0 Å². The number of alkyl halides is 1. The van der Waals surface area contributed by atoms with Crippen LogP contribution >= 0.6 is 15.9 Å². The van der Waals surface area contributed by atoms with Crippen LogP contribution in [0, 0.1) is 5.41 Å². The van der Waals surface area contributed by atoms with Crippen molar-refractivity contribution in [2.45, 2.75) is 59.0 Å². The van der Waals surface area contributed by atoms with Gasteiger partial charge in [0.25, 0.3) is 0 Å². The highest BCUT2D eigenvalue weighted by Crippen LogP contribution is 2.36. The lowest BCUT2D eigenvalue weighted by Gasteiger charge is -2.33. The molecule has 1 nitrogen and oxygen atoms in total. The summed E-state index contributed by atoms with van der Waals surface area (Å²) in [6.45, 7) is 8.89. The van der Waals surface area contributed by atoms with Crippen LogP contribution in [0.3, 0.4) is 0 Å². The highest BCUT2D eigenvalue weighted by Gasteiger charge is 2.28. The maximum Gasteiger partial charge on any atom is 0.0623 e. The van der Waals surface area contributed by atoms with Gasteiger partial charge < -0.3 is 4.74 Å². The van der Waals surface area contributed by atoms with E-state index in [1.807, 2.05) is 0 Å². The molecule has 0 bridgehead atoms. The van der Waals surface area contributed by atoms with Crippen LogP contribution < -0.4 is 0 Å². The molecule has 0 fully saturated rings. The molecule has 0 saturated heterocycles. The topological polar surface area (TPSA) is 9.23 Å². The fraction of sp³-hybridized carbons (Fsp3) is 1.00. The first-order valence-electron chi connectivity index (χ1n) is 5.56. The first kappa shape index (κ1) is 14.4. The highest BCUT2D eigenvalue weighted by atomic mass is 79.9. The summed E-state index contributed by atoms with van der Waals surface area (Å²) in [5.74, 6) is 0. The van der Waals surface area contributed by atoms with Gasteiger partial charge in [-0.1, -0.05) is 29.8 Å². The normalized spacial score (nSPS) is 13.3. The van der Waals surface area contributed by atoms with Crippen molar-refractivity contribution in [3.8, 4) is 0 Å². The minimum Gasteiger partial charge on any atom is -0.379 e. The van der Waals surface area contributed by atoms with Crippen LogP contribution in [0.5, 0.6) is 0 Å². The van der Waals surface area contributed by atoms with Gasteiger partial charge >= 0.3 is 0 Å². The molecule has 0 aliphatic rings. The number of methoxy groups -OCH3 is 1. The predicted molar refractivity (Wildman–Crippen MR) is 67.1 cm³/mol. The maximum absolute atomic E-state index is 5.45. The fourth-order valence-electron chi connectivity index (χ4n) is 1.53. The van der Waals surface area contributed by atoms with Gasteiger partial charge in [-0.2, -0.15) is 0 Å². The van der Waals surface area contributed by atoms with E-state index in [2.05, 4.69) is 43.6 Å². The number of ether oxygens (including phenoxy) is 1. The quantitative estimate of drug-likeness (QED) is 0.620. The number of hydrogen-bond donors (Lipinski definition) is 0. The largest absolute Gasteiger partial charge is 0.379 e. The Bertz CT molecular complexity index is 142. The molecule has 0 amide bonds. The molecule has 0 rings (SSSR count). The third-order valence-electron chi connectivity index (χ3n) is 3.59. The van der Waals surface area contributed by atoms with Crippen LogP contribution in [0.2, 0.25) is 0 Å². The first-order valence-corrected chi connectivity index (χ1v) is 6.68. The van der Waals surface area contributed by atoms with Crippen LogP contribution in [0.4, 0.5) is 0 Å². The molecule has 2 heteroatoms. The van der Waals surface area contributed by atoms with Gasteiger partial charge in [-0.3, -0.25) is 0 Å². The highest BCUT2D eigenvalue weighted by molar-refractivity contribution is 9.09. The van der Waals surface area contributed by atoms with E-state index in [9.17, 15) is 0 Å². The van der Waals surface area contributed by atoms with Gasteiger partial charge in [-0.25, -0.2) is 0 Å². The average molecular weight is 265 g/mol. The van der Waals surface area contributed by atoms with Crippen molar-refractivity contribution in [3.63, 3.8) is 0 Å². The Kier molecular flexibility index (Phi) is 6.31. The van der Waals surface area contributed by atoms with Gasteiger partial charge in [-0.05, 0) is 44.9 Å². The van der Waals surface area contributed by atoms with Crippen LogP contribution in [-0.2, 0) is 4.74 Å². The first-order chi connectivity index (χ1) is 6.45. The molecule has 0 aromatic rings. The number of hydrogen-bond acceptors (Lipinski definition) is 1. The number of halogens is 1. The summed E-state index contributed by atoms with van der Waals surface area (Å²) in [7, 11) is 1.80. The van der Waals surface area contributed by atoms with Gasteiger partial charge in [0, 0.05) is 12.4 Å². The van der Waals surface area contributed by atoms with Crippen LogP contribution in [0.25, 0.3) is 0 Å². The van der Waals surface area contributed by atoms with Crippen molar-refractivity contribution < 1.29 is 4.74 Å². The maximum atomic E-state index is 5.45. The zero-order valence-corrected chi connectivity index (χ0v) is 11.9. The molecule has 0 atom stereocenters. The summed E-state index contributed by atoms with van der Waals surface area (Å²) in [4.78, 5) is 0. The van der Waals surface area contributed by atoms with Crippen LogP contribution in [0.1, 0.15) is 53.4 Å². The van der Waals surface area contributed by atoms with E-state index >= 15 is 0 Å². The Morgan fingerprint density at radius 3 is 1.86 bits per heavy atom. The zero-order valence-electron chi connectivity index (χ0n) is 10.3. The van der Waals surface area contributed by atoms with Crippen molar-refractivity contribution in [2.24, 2.45) is 5.41 Å². The molecule has 0 aliphatic heterocycles. The molecule has 0 saturated carbocycles. The van der Waals surface area contributed by atoms with Crippen molar-refractivity contribution in [1.29, 1.82) is 0 Å². The van der Waals surface area contributed by atoms with Gasteiger partial charge in [-0.15, -0.1) is 0 Å². The van der Waals surface area contributed by atoms with Gasteiger partial charge in [0.05, 0.1) is 5.60 Å². The van der Waals surface area contributed by atoms with E-state index in [4.69, 9.17) is 4.74 Å². The Morgan fingerprint density at radius 1 is 1.07 bits per heavy atom. The molecule has 0 heterocycles. The monoisotopic (exact) mass is 264 g/mol. The van der Waals surface area contributed by atoms with E-state index in [1.54, 1.807) is 7.11 Å². The molecule has 0 aromatic heterocycles. The van der Waals surface area contributed by atoms with Crippen molar-refractivity contribution in [1.82, 2.24) is 0 Å². The summed E-state index contributed by atoms with van der Waals surface area (Å²) < 4.78 is 5.45. The molecule has 0 radical (unpaired) electrons. The van der Waals surface area contributed by atoms with Crippen molar-refractivity contribution in [3.05, 3.63) is 0 Å². The second-order valence-corrected chi connectivity index (χ2v) is 5.37. The summed E-state index contributed by atoms with van der Waals surface area (Å²) in [5.41, 5.74) is 0.494. The lowest BCUT2D eigenvalue weighted by Crippen LogP contribution is -2.28. The molecule has 0 unspecified atom stereocenters. The Morgan fingerprint density at radius 2 is 1.57 bits per heavy atom. The van der Waals surface area contributed by atoms with E-state index in [0.29, 0.717) is 5.41 Å². The average Bonchev–Trinajstić information content (AvgIpc) is 2.21. The summed E-state index contributed by atoms with van der Waals surface area (Å²) in [6, 6.07) is 0. The molecule has 0 spiro atoms. The van der Waals surface area contributed by atoms with Gasteiger partial charge in [0.15, 0.2) is 0 Å². The summed E-state index contributed by atoms with van der Waals surface area (Å²) >= 11 is 3.64. The summed E-state index contributed by atoms with van der Waals surface area (Å²) in [6.07, 6.45) is 4.87. The van der Waals surface area contributed by atoms with E-state index in [0.717, 1.165) is 11.8 Å². The SMILES string of the molecule is CCC(CC)(CBr)CCC(C)(C)OC. The molecule has 0 N–H and O–H groups in total. The van der Waals surface area contributed by atoms with Crippen LogP contribution in [-0.4, -0.2) is 18.0 Å². The number of rotatable bonds is 7. The van der Waals surface area contributed by atoms with E-state index in [1.165, 1.54) is 19.3 Å². The Labute approximate surface area is 97.7 Å². The minimum atomic E-state index is 0.0256. The van der Waals surface area contributed by atoms with E-state index in [-0.39, 0.29) is 5.60 Å². The predicted octanol–water partition coefficient (Wildman–Crippen LogP) is 4.39. The Balaban J connectivity index is 4.19. The molecule has 86 valence electrons. The summed E-state index contributed by atoms with van der Waals surface area (Å²) in [5, 5.41) is 1.10. The van der Waals surface area contributed by atoms with Crippen molar-refractivity contribution in [2.75, 3.05) is 12.4 Å². The Hall–Kier alpha value is 0.440. The third kappa shape index (κ3) is 4.31. The second kappa shape index (κ2) is 6.12. The van der Waals surface area contributed by atoms with Gasteiger partial charge in [0.1, 0.15) is 0 Å². The molecule has 0 aromatic carbocycles. The molecular formula is C12H25BrO. The standard InChI is InChI=1S/C12H25BrO/c1-6-12(7-2,10-13)9-8-11(3,4)14-5/h6-10H2,1-5H3. The smallest absolute Gasteiger partial charge is 0.0623 e. The minimum absolute atomic E-state index is 0.0256. The molecule has 0 aliphatic carbocycles. The second-order valence-electron chi connectivity index (χ2n) is 4.80. The van der Waals surface area contributed by atoms with E-state index < -0.39 is 0 Å². The molecule has 14 heavy (non-hydrogen) atoms. The lowest BCUT2D eigenvalue weighted by molar-refractivity contribution is 0.00446. The van der Waals surface area contributed by atoms with Crippen molar-refractivity contribution >= 4 is 15.9 Å². The lowest BCUT2D eigenvalue weighted by atomic mass is 9.78.